The smallest absolute Gasteiger partial charge is 1.00 e. The number of halogens is 2. The molecule has 0 unspecified atom stereocenters. The fraction of sp³-hybridized carbons (Fsp3) is 0.778. The van der Waals surface area contributed by atoms with Crippen LogP contribution in [0.1, 0.15) is 90.9 Å². The number of unbranched alkanes of at least 4 members (excludes halogenated alkanes) is 2. The van der Waals surface area contributed by atoms with Gasteiger partial charge in [0.15, 0.2) is 0 Å². The van der Waals surface area contributed by atoms with Gasteiger partial charge in [-0.25, -0.2) is 0 Å². The van der Waals surface area contributed by atoms with Crippen molar-refractivity contribution in [1.82, 2.24) is 0 Å². The molecule has 0 aromatic heterocycles. The van der Waals surface area contributed by atoms with E-state index in [1.165, 1.54) is 77.0 Å². The summed E-state index contributed by atoms with van der Waals surface area (Å²) < 4.78 is 0. The second-order valence-electron chi connectivity index (χ2n) is 5.47. The molecule has 0 saturated carbocycles. The van der Waals surface area contributed by atoms with Crippen molar-refractivity contribution in [3.63, 3.8) is 0 Å². The van der Waals surface area contributed by atoms with Crippen molar-refractivity contribution in [2.24, 2.45) is 0 Å². The van der Waals surface area contributed by atoms with E-state index in [2.05, 4.69) is 26.0 Å². The minimum atomic E-state index is 0. The van der Waals surface area contributed by atoms with Crippen LogP contribution in [-0.4, -0.2) is 0 Å². The third-order valence-electron chi connectivity index (χ3n) is 3.72. The average Bonchev–Trinajstić information content (AvgIpc) is 3.07. The van der Waals surface area contributed by atoms with Gasteiger partial charge >= 0.3 is 26.2 Å². The summed E-state index contributed by atoms with van der Waals surface area (Å²) in [4.78, 5) is 0. The normalized spacial score (nSPS) is 15.5. The maximum Gasteiger partial charge on any atom is 4.00 e. The minimum absolute atomic E-state index is 0. The van der Waals surface area contributed by atoms with Gasteiger partial charge in [-0.1, -0.05) is 78.1 Å². The molecule has 3 heteroatoms. The second-order valence-corrected chi connectivity index (χ2v) is 5.47. The zero-order chi connectivity index (χ0) is 13.1. The Hall–Kier alpha value is 1.32. The number of hydrogen-bond donors (Lipinski definition) is 0. The van der Waals surface area contributed by atoms with Crippen LogP contribution in [0.4, 0.5) is 0 Å². The Kier molecular flexibility index (Phi) is 25.1. The predicted molar refractivity (Wildman–Crippen MR) is 80.3 cm³/mol. The van der Waals surface area contributed by atoms with Gasteiger partial charge in [-0.05, 0) is 0 Å². The van der Waals surface area contributed by atoms with Gasteiger partial charge in [0, 0.05) is 0 Å². The average molecular weight is 497 g/mol. The molecule has 21 heavy (non-hydrogen) atoms. The molecule has 0 atom stereocenters. The Balaban J connectivity index is -0.000000270. The summed E-state index contributed by atoms with van der Waals surface area (Å²) >= 11 is 0. The van der Waals surface area contributed by atoms with Crippen LogP contribution in [0.3, 0.4) is 0 Å². The van der Waals surface area contributed by atoms with Crippen LogP contribution in [0.25, 0.3) is 0 Å². The van der Waals surface area contributed by atoms with Crippen molar-refractivity contribution in [3.8, 4) is 0 Å². The molecule has 120 valence electrons. The first kappa shape index (κ1) is 27.2. The van der Waals surface area contributed by atoms with Gasteiger partial charge in [0.2, 0.25) is 0 Å². The third kappa shape index (κ3) is 14.6. The fourth-order valence-electron chi connectivity index (χ4n) is 2.52. The molecule has 0 fully saturated rings. The Bertz CT molecular complexity index is 244. The van der Waals surface area contributed by atoms with E-state index in [9.17, 15) is 0 Å². The summed E-state index contributed by atoms with van der Waals surface area (Å²) in [5.74, 6) is 0. The van der Waals surface area contributed by atoms with E-state index in [0.717, 1.165) is 0 Å². The van der Waals surface area contributed by atoms with E-state index >= 15 is 0 Å². The molecular formula is C18H30Br2Zr. The summed E-state index contributed by atoms with van der Waals surface area (Å²) in [6, 6.07) is 0. The summed E-state index contributed by atoms with van der Waals surface area (Å²) in [7, 11) is 0. The van der Waals surface area contributed by atoms with E-state index in [1.54, 1.807) is 11.1 Å². The molecule has 0 spiro atoms. The maximum atomic E-state index is 3.41. The molecule has 2 aliphatic carbocycles. The SMILES string of the molecule is CCCCC1=[C-]CCC1.CCCCC1=[C-]CCC1.[Br-].[Br-].[Zr+4]. The van der Waals surface area contributed by atoms with Crippen molar-refractivity contribution in [2.75, 3.05) is 0 Å². The van der Waals surface area contributed by atoms with E-state index in [-0.39, 0.29) is 60.2 Å². The van der Waals surface area contributed by atoms with Crippen molar-refractivity contribution in [3.05, 3.63) is 23.3 Å². The first-order valence-electron chi connectivity index (χ1n) is 8.04. The van der Waals surface area contributed by atoms with Crippen LogP contribution in [0, 0.1) is 12.2 Å². The standard InChI is InChI=1S/2C9H15.2BrH.Zr/c2*1-2-3-6-9-7-4-5-8-9;;;/h2*2-7H2,1H3;2*1H;/q2*-1;;;+4/p-2. The second kappa shape index (κ2) is 19.4. The molecular weight excluding hydrogens is 467 g/mol. The van der Waals surface area contributed by atoms with Gasteiger partial charge in [-0.3, -0.25) is 11.1 Å². The fourth-order valence-corrected chi connectivity index (χ4v) is 2.52. The van der Waals surface area contributed by atoms with Crippen LogP contribution in [0.5, 0.6) is 0 Å². The molecule has 0 amide bonds. The Morgan fingerprint density at radius 3 is 1.38 bits per heavy atom. The van der Waals surface area contributed by atoms with Gasteiger partial charge in [0.25, 0.3) is 0 Å². The number of hydrogen-bond acceptors (Lipinski definition) is 0. The van der Waals surface area contributed by atoms with Gasteiger partial charge in [0.05, 0.1) is 0 Å². The molecule has 0 aromatic carbocycles. The van der Waals surface area contributed by atoms with Crippen molar-refractivity contribution in [2.45, 2.75) is 90.9 Å². The summed E-state index contributed by atoms with van der Waals surface area (Å²) in [5.41, 5.74) is 3.19. The van der Waals surface area contributed by atoms with E-state index in [4.69, 9.17) is 0 Å². The zero-order valence-corrected chi connectivity index (χ0v) is 19.4. The zero-order valence-electron chi connectivity index (χ0n) is 13.7. The Morgan fingerprint density at radius 1 is 0.762 bits per heavy atom. The number of allylic oxidation sites excluding steroid dienone is 4. The molecule has 0 N–H and O–H groups in total. The quantitative estimate of drug-likeness (QED) is 0.460. The Morgan fingerprint density at radius 2 is 1.14 bits per heavy atom. The molecule has 0 bridgehead atoms. The topological polar surface area (TPSA) is 0 Å². The molecule has 2 aliphatic rings. The van der Waals surface area contributed by atoms with Crippen LogP contribution >= 0.6 is 0 Å². The largest absolute Gasteiger partial charge is 4.00 e. The summed E-state index contributed by atoms with van der Waals surface area (Å²) in [5, 5.41) is 0. The predicted octanol–water partition coefficient (Wildman–Crippen LogP) is 0.186. The molecule has 2 rings (SSSR count). The molecule has 0 radical (unpaired) electrons. The van der Waals surface area contributed by atoms with Crippen molar-refractivity contribution in [1.29, 1.82) is 0 Å². The molecule has 0 aromatic rings. The van der Waals surface area contributed by atoms with Gasteiger partial charge < -0.3 is 46.1 Å². The first-order chi connectivity index (χ1) is 8.86. The van der Waals surface area contributed by atoms with Gasteiger partial charge in [0.1, 0.15) is 0 Å². The Labute approximate surface area is 173 Å². The number of rotatable bonds is 6. The van der Waals surface area contributed by atoms with E-state index in [1.807, 2.05) is 0 Å². The monoisotopic (exact) mass is 494 g/mol. The molecule has 0 nitrogen and oxygen atoms in total. The molecule has 0 aliphatic heterocycles. The first-order valence-corrected chi connectivity index (χ1v) is 8.04. The third-order valence-corrected chi connectivity index (χ3v) is 3.72. The van der Waals surface area contributed by atoms with Crippen molar-refractivity contribution < 1.29 is 60.2 Å². The van der Waals surface area contributed by atoms with Crippen LogP contribution in [0.15, 0.2) is 11.1 Å². The summed E-state index contributed by atoms with van der Waals surface area (Å²) in [6.07, 6.45) is 22.7. The van der Waals surface area contributed by atoms with Crippen LogP contribution < -0.4 is 34.0 Å². The minimum Gasteiger partial charge on any atom is -1.00 e. The van der Waals surface area contributed by atoms with E-state index < -0.39 is 0 Å². The molecule has 0 saturated heterocycles. The molecule has 0 heterocycles. The van der Waals surface area contributed by atoms with Gasteiger partial charge in [-0.2, -0.15) is 12.8 Å². The maximum absolute atomic E-state index is 3.41. The van der Waals surface area contributed by atoms with E-state index in [0.29, 0.717) is 0 Å². The van der Waals surface area contributed by atoms with Crippen molar-refractivity contribution >= 4 is 0 Å². The summed E-state index contributed by atoms with van der Waals surface area (Å²) in [6.45, 7) is 4.49. The van der Waals surface area contributed by atoms with Crippen LogP contribution in [0.2, 0.25) is 0 Å². The van der Waals surface area contributed by atoms with Gasteiger partial charge in [-0.15, -0.1) is 0 Å². The van der Waals surface area contributed by atoms with Crippen LogP contribution in [-0.2, 0) is 26.2 Å².